The maximum atomic E-state index is 13.5. The molecule has 2 unspecified atom stereocenters. The minimum atomic E-state index is -4.32. The lowest BCUT2D eigenvalue weighted by atomic mass is 9.79. The lowest BCUT2D eigenvalue weighted by molar-refractivity contribution is 0.217. The summed E-state index contributed by atoms with van der Waals surface area (Å²) >= 11 is 0. The molecule has 11 heteroatoms. The number of hydrogen-bond donors (Lipinski definition) is 0. The summed E-state index contributed by atoms with van der Waals surface area (Å²) in [4.78, 5) is -0.156. The van der Waals surface area contributed by atoms with Crippen LogP contribution in [0.4, 0.5) is 0 Å². The van der Waals surface area contributed by atoms with E-state index >= 15 is 0 Å². The second kappa shape index (κ2) is 14.1. The molecule has 0 fully saturated rings. The summed E-state index contributed by atoms with van der Waals surface area (Å²) in [6, 6.07) is 23.3. The van der Waals surface area contributed by atoms with Gasteiger partial charge in [0.05, 0.1) is 30.6 Å². The van der Waals surface area contributed by atoms with Crippen LogP contribution in [0.25, 0.3) is 0 Å². The van der Waals surface area contributed by atoms with Crippen LogP contribution >= 0.6 is 10.7 Å². The van der Waals surface area contributed by atoms with E-state index in [4.69, 9.17) is 15.4 Å². The van der Waals surface area contributed by atoms with E-state index in [1.807, 2.05) is 27.7 Å². The number of hydrogen-bond acceptors (Lipinski definition) is 7. The third-order valence-corrected chi connectivity index (χ3v) is 13.6. The fourth-order valence-electron chi connectivity index (χ4n) is 5.23. The van der Waals surface area contributed by atoms with E-state index in [0.29, 0.717) is 11.3 Å². The first-order valence-corrected chi connectivity index (χ1v) is 20.7. The van der Waals surface area contributed by atoms with Crippen molar-refractivity contribution in [1.82, 2.24) is 0 Å². The maximum absolute atomic E-state index is 13.5. The van der Waals surface area contributed by atoms with Crippen LogP contribution in [0.3, 0.4) is 0 Å². The standard InChI is InChI=1S/C36H41ClO7S3/c1-7-25(3)27-9-16-31(17-10-27)46(40,41)34-18-11-28(35(23-34)47(37,42)43)24-36(5,6)29-12-19-32(20-13-29)45(38,39)33-21-14-30(15-22-33)44-26(4)8-2/h9-23,25-26H,7-8,24H2,1-6H3. The lowest BCUT2D eigenvalue weighted by Crippen LogP contribution is -2.22. The van der Waals surface area contributed by atoms with Crippen molar-refractivity contribution >= 4 is 39.4 Å². The molecule has 0 amide bonds. The maximum Gasteiger partial charge on any atom is 0.261 e. The minimum absolute atomic E-state index is 0.0114. The highest BCUT2D eigenvalue weighted by molar-refractivity contribution is 8.13. The van der Waals surface area contributed by atoms with Gasteiger partial charge >= 0.3 is 0 Å². The highest BCUT2D eigenvalue weighted by Gasteiger charge is 2.29. The third-order valence-electron chi connectivity index (χ3n) is 8.61. The number of benzene rings is 4. The minimum Gasteiger partial charge on any atom is -0.491 e. The van der Waals surface area contributed by atoms with Crippen LogP contribution in [0, 0.1) is 0 Å². The van der Waals surface area contributed by atoms with Gasteiger partial charge < -0.3 is 4.74 Å². The Morgan fingerprint density at radius 1 is 0.660 bits per heavy atom. The van der Waals surface area contributed by atoms with Crippen molar-refractivity contribution in [2.24, 2.45) is 0 Å². The summed E-state index contributed by atoms with van der Waals surface area (Å²) in [6.45, 7) is 11.8. The molecule has 4 aromatic rings. The molecule has 0 aliphatic carbocycles. The second-order valence-corrected chi connectivity index (χ2v) is 18.9. The van der Waals surface area contributed by atoms with Gasteiger partial charge in [-0.1, -0.05) is 65.0 Å². The van der Waals surface area contributed by atoms with Gasteiger partial charge in [0.15, 0.2) is 0 Å². The number of rotatable bonds is 13. The van der Waals surface area contributed by atoms with Gasteiger partial charge in [-0.05, 0) is 115 Å². The summed E-state index contributed by atoms with van der Waals surface area (Å²) in [5.41, 5.74) is 1.43. The van der Waals surface area contributed by atoms with Crippen LogP contribution in [0.5, 0.6) is 5.75 Å². The van der Waals surface area contributed by atoms with E-state index in [2.05, 4.69) is 13.8 Å². The van der Waals surface area contributed by atoms with Crippen molar-refractivity contribution in [2.75, 3.05) is 0 Å². The molecule has 0 heterocycles. The molecule has 0 radical (unpaired) electrons. The molecule has 0 aliphatic rings. The molecule has 0 saturated heterocycles. The second-order valence-electron chi connectivity index (χ2n) is 12.5. The van der Waals surface area contributed by atoms with Crippen molar-refractivity contribution < 1.29 is 30.0 Å². The average Bonchev–Trinajstić information content (AvgIpc) is 3.04. The van der Waals surface area contributed by atoms with Gasteiger partial charge in [0.1, 0.15) is 5.75 Å². The first kappa shape index (κ1) is 36.7. The monoisotopic (exact) mass is 716 g/mol. The van der Waals surface area contributed by atoms with Crippen molar-refractivity contribution in [3.8, 4) is 5.75 Å². The average molecular weight is 717 g/mol. The highest BCUT2D eigenvalue weighted by Crippen LogP contribution is 2.35. The van der Waals surface area contributed by atoms with E-state index in [1.165, 1.54) is 48.5 Å². The molecule has 0 bridgehead atoms. The smallest absolute Gasteiger partial charge is 0.261 e. The predicted octanol–water partition coefficient (Wildman–Crippen LogP) is 8.49. The van der Waals surface area contributed by atoms with Crippen molar-refractivity contribution in [1.29, 1.82) is 0 Å². The van der Waals surface area contributed by atoms with E-state index in [1.54, 1.807) is 36.4 Å². The Morgan fingerprint density at radius 3 is 1.62 bits per heavy atom. The van der Waals surface area contributed by atoms with Crippen LogP contribution in [-0.4, -0.2) is 31.4 Å². The Kier molecular flexibility index (Phi) is 11.0. The third kappa shape index (κ3) is 8.28. The number of sulfone groups is 2. The topological polar surface area (TPSA) is 112 Å². The van der Waals surface area contributed by atoms with Gasteiger partial charge in [0.25, 0.3) is 9.05 Å². The van der Waals surface area contributed by atoms with Gasteiger partial charge in [-0.2, -0.15) is 0 Å². The van der Waals surface area contributed by atoms with Gasteiger partial charge in [-0.15, -0.1) is 0 Å². The molecule has 0 spiro atoms. The van der Waals surface area contributed by atoms with Crippen LogP contribution in [0.2, 0.25) is 0 Å². The Hall–Kier alpha value is -3.18. The zero-order valence-corrected chi connectivity index (χ0v) is 30.6. The van der Waals surface area contributed by atoms with Crippen molar-refractivity contribution in [2.45, 2.75) is 103 Å². The molecule has 252 valence electrons. The predicted molar refractivity (Wildman–Crippen MR) is 186 cm³/mol. The molecular formula is C36H41ClO7S3. The van der Waals surface area contributed by atoms with Crippen molar-refractivity contribution in [3.05, 3.63) is 108 Å². The van der Waals surface area contributed by atoms with Gasteiger partial charge in [-0.25, -0.2) is 25.3 Å². The first-order valence-electron chi connectivity index (χ1n) is 15.4. The largest absolute Gasteiger partial charge is 0.491 e. The van der Waals surface area contributed by atoms with E-state index in [-0.39, 0.29) is 42.9 Å². The number of ether oxygens (including phenoxy) is 1. The molecular weight excluding hydrogens is 676 g/mol. The van der Waals surface area contributed by atoms with Crippen LogP contribution in [0.1, 0.15) is 77.0 Å². The zero-order valence-electron chi connectivity index (χ0n) is 27.4. The summed E-state index contributed by atoms with van der Waals surface area (Å²) in [5.74, 6) is 0.866. The summed E-state index contributed by atoms with van der Waals surface area (Å²) in [5, 5.41) is 0. The molecule has 0 saturated carbocycles. The van der Waals surface area contributed by atoms with E-state index in [9.17, 15) is 25.3 Å². The van der Waals surface area contributed by atoms with Gasteiger partial charge in [0, 0.05) is 10.7 Å². The molecule has 0 N–H and O–H groups in total. The van der Waals surface area contributed by atoms with Crippen LogP contribution in [0.15, 0.2) is 115 Å². The Morgan fingerprint density at radius 2 is 1.13 bits per heavy atom. The summed E-state index contributed by atoms with van der Waals surface area (Å²) < 4.78 is 84.8. The first-order chi connectivity index (χ1) is 21.9. The lowest BCUT2D eigenvalue weighted by Gasteiger charge is -2.27. The molecule has 0 aliphatic heterocycles. The highest BCUT2D eigenvalue weighted by atomic mass is 35.7. The van der Waals surface area contributed by atoms with E-state index in [0.717, 1.165) is 30.0 Å². The fraction of sp³-hybridized carbons (Fsp3) is 0.333. The van der Waals surface area contributed by atoms with Gasteiger partial charge in [-0.3, -0.25) is 0 Å². The normalized spacial score (nSPS) is 14.0. The molecule has 2 atom stereocenters. The van der Waals surface area contributed by atoms with Gasteiger partial charge in [0.2, 0.25) is 19.7 Å². The summed E-state index contributed by atoms with van der Waals surface area (Å²) in [6.07, 6.45) is 1.93. The molecule has 0 aromatic heterocycles. The van der Waals surface area contributed by atoms with Crippen molar-refractivity contribution in [3.63, 3.8) is 0 Å². The Balaban J connectivity index is 1.60. The number of halogens is 1. The molecule has 47 heavy (non-hydrogen) atoms. The van der Waals surface area contributed by atoms with Crippen LogP contribution in [-0.2, 0) is 40.6 Å². The van der Waals surface area contributed by atoms with Crippen LogP contribution < -0.4 is 4.74 Å². The Labute approximate surface area is 284 Å². The van der Waals surface area contributed by atoms with E-state index < -0.39 is 34.1 Å². The SMILES string of the molecule is CCC(C)Oc1ccc(S(=O)(=O)c2ccc(C(C)(C)Cc3ccc(S(=O)(=O)c4ccc(C(C)CC)cc4)cc3S(=O)(=O)Cl)cc2)cc1. The Bertz CT molecular complexity index is 2040. The molecule has 7 nitrogen and oxygen atoms in total. The summed E-state index contributed by atoms with van der Waals surface area (Å²) in [7, 11) is -6.29. The quantitative estimate of drug-likeness (QED) is 0.128. The fourth-order valence-corrected chi connectivity index (χ4v) is 9.01. The molecule has 4 aromatic carbocycles. The molecule has 4 rings (SSSR count). The zero-order chi connectivity index (χ0) is 34.8.